The first kappa shape index (κ1) is 12.5. The molecule has 0 unspecified atom stereocenters. The van der Waals surface area contributed by atoms with Crippen LogP contribution in [-0.4, -0.2) is 19.1 Å². The van der Waals surface area contributed by atoms with Crippen LogP contribution in [0.1, 0.15) is 12.6 Å². The monoisotopic (exact) mass is 266 g/mol. The molecule has 7 heteroatoms. The van der Waals surface area contributed by atoms with Crippen LogP contribution in [0.4, 0.5) is 0 Å². The molecule has 0 aromatic carbocycles. The number of hydrogen-bond acceptors (Lipinski definition) is 4. The number of hydrogen-bond donors (Lipinski definition) is 0. The van der Waals surface area contributed by atoms with Crippen molar-refractivity contribution in [1.29, 1.82) is 0 Å². The summed E-state index contributed by atoms with van der Waals surface area (Å²) in [6, 6.07) is 1.36. The van der Waals surface area contributed by atoms with Crippen LogP contribution in [-0.2, 0) is 13.1 Å². The van der Waals surface area contributed by atoms with E-state index in [-0.39, 0.29) is 22.9 Å². The third kappa shape index (κ3) is 2.48. The first-order valence-electron chi connectivity index (χ1n) is 5.38. The van der Waals surface area contributed by atoms with Crippen LogP contribution in [0.25, 0.3) is 0 Å². The molecule has 0 N–H and O–H groups in total. The molecule has 0 radical (unpaired) electrons. The van der Waals surface area contributed by atoms with E-state index in [1.54, 1.807) is 0 Å². The molecule has 18 heavy (non-hydrogen) atoms. The first-order valence-corrected chi connectivity index (χ1v) is 5.76. The Labute approximate surface area is 108 Å². The second kappa shape index (κ2) is 5.14. The lowest BCUT2D eigenvalue weighted by Crippen LogP contribution is -2.39. The van der Waals surface area contributed by atoms with Crippen molar-refractivity contribution in [3.8, 4) is 0 Å². The number of aromatic nitrogens is 4. The molecule has 94 valence electrons. The molecule has 0 atom stereocenters. The summed E-state index contributed by atoms with van der Waals surface area (Å²) >= 11 is 5.62. The molecule has 2 heterocycles. The van der Waals surface area contributed by atoms with Gasteiger partial charge in [0.15, 0.2) is 0 Å². The molecule has 6 nitrogen and oxygen atoms in total. The maximum absolute atomic E-state index is 11.9. The fraction of sp³-hybridized carbons (Fsp3) is 0.273. The highest BCUT2D eigenvalue weighted by atomic mass is 35.5. The van der Waals surface area contributed by atoms with Crippen molar-refractivity contribution in [2.24, 2.45) is 0 Å². The van der Waals surface area contributed by atoms with Gasteiger partial charge in [0.2, 0.25) is 0 Å². The standard InChI is InChI=1S/C11H11ClN4O2/c1-2-15-4-3-10(17)16(11(15)18)7-8-5-14-9(12)6-13-8/h3-6H,2,7H2,1H3. The Hall–Kier alpha value is -1.95. The molecule has 0 aliphatic rings. The minimum absolute atomic E-state index is 0.0860. The Morgan fingerprint density at radius 1 is 1.28 bits per heavy atom. The summed E-state index contributed by atoms with van der Waals surface area (Å²) in [5, 5.41) is 0.269. The molecule has 2 aromatic rings. The van der Waals surface area contributed by atoms with Crippen LogP contribution >= 0.6 is 11.6 Å². The number of rotatable bonds is 3. The van der Waals surface area contributed by atoms with Crippen molar-refractivity contribution >= 4 is 11.6 Å². The quantitative estimate of drug-likeness (QED) is 0.812. The van der Waals surface area contributed by atoms with Crippen LogP contribution in [0.5, 0.6) is 0 Å². The molecular weight excluding hydrogens is 256 g/mol. The van der Waals surface area contributed by atoms with Crippen molar-refractivity contribution < 1.29 is 0 Å². The molecule has 0 aliphatic heterocycles. The summed E-state index contributed by atoms with van der Waals surface area (Å²) in [4.78, 5) is 31.5. The van der Waals surface area contributed by atoms with Gasteiger partial charge in [0.05, 0.1) is 24.6 Å². The number of halogens is 1. The summed E-state index contributed by atoms with van der Waals surface area (Å²) < 4.78 is 2.56. The highest BCUT2D eigenvalue weighted by molar-refractivity contribution is 6.29. The molecule has 0 saturated heterocycles. The van der Waals surface area contributed by atoms with Crippen LogP contribution in [0.2, 0.25) is 5.15 Å². The Balaban J connectivity index is 2.43. The van der Waals surface area contributed by atoms with Gasteiger partial charge in [0.1, 0.15) is 5.15 Å². The third-order valence-electron chi connectivity index (χ3n) is 2.47. The lowest BCUT2D eigenvalue weighted by molar-refractivity contribution is 0.593. The number of nitrogens with zero attached hydrogens (tertiary/aromatic N) is 4. The summed E-state index contributed by atoms with van der Waals surface area (Å²) in [7, 11) is 0. The lowest BCUT2D eigenvalue weighted by Gasteiger charge is -2.07. The Bertz CT molecular complexity index is 660. The van der Waals surface area contributed by atoms with Gasteiger partial charge in [-0.1, -0.05) is 11.6 Å². The van der Waals surface area contributed by atoms with Gasteiger partial charge >= 0.3 is 5.69 Å². The summed E-state index contributed by atoms with van der Waals surface area (Å²) in [6.45, 7) is 2.42. The first-order chi connectivity index (χ1) is 8.61. The SMILES string of the molecule is CCn1ccc(=O)n(Cc2cnc(Cl)cn2)c1=O. The second-order valence-electron chi connectivity index (χ2n) is 3.64. The van der Waals surface area contributed by atoms with Gasteiger partial charge in [-0.05, 0) is 6.92 Å². The van der Waals surface area contributed by atoms with Crippen LogP contribution in [0, 0.1) is 0 Å². The molecule has 0 saturated carbocycles. The van der Waals surface area contributed by atoms with E-state index < -0.39 is 0 Å². The summed E-state index contributed by atoms with van der Waals surface area (Å²) in [5.74, 6) is 0. The Morgan fingerprint density at radius 2 is 2.06 bits per heavy atom. The van der Waals surface area contributed by atoms with E-state index in [1.165, 1.54) is 29.2 Å². The van der Waals surface area contributed by atoms with Crippen molar-refractivity contribution in [2.45, 2.75) is 20.0 Å². The highest BCUT2D eigenvalue weighted by Crippen LogP contribution is 2.01. The fourth-order valence-electron chi connectivity index (χ4n) is 1.53. The van der Waals surface area contributed by atoms with Gasteiger partial charge in [-0.2, -0.15) is 0 Å². The summed E-state index contributed by atoms with van der Waals surface area (Å²) in [5.41, 5.74) is -0.212. The van der Waals surface area contributed by atoms with E-state index in [2.05, 4.69) is 9.97 Å². The van der Waals surface area contributed by atoms with Gasteiger partial charge in [0.25, 0.3) is 5.56 Å². The van der Waals surface area contributed by atoms with E-state index in [0.717, 1.165) is 4.57 Å². The van der Waals surface area contributed by atoms with E-state index in [0.29, 0.717) is 12.2 Å². The zero-order chi connectivity index (χ0) is 13.1. The minimum Gasteiger partial charge on any atom is -0.301 e. The Kier molecular flexibility index (Phi) is 3.57. The molecule has 2 aromatic heterocycles. The maximum atomic E-state index is 11.9. The Morgan fingerprint density at radius 3 is 2.67 bits per heavy atom. The van der Waals surface area contributed by atoms with Crippen molar-refractivity contribution in [2.75, 3.05) is 0 Å². The largest absolute Gasteiger partial charge is 0.331 e. The lowest BCUT2D eigenvalue weighted by atomic mass is 10.4. The maximum Gasteiger partial charge on any atom is 0.331 e. The smallest absolute Gasteiger partial charge is 0.301 e. The van der Waals surface area contributed by atoms with Gasteiger partial charge in [-0.25, -0.2) is 9.78 Å². The highest BCUT2D eigenvalue weighted by Gasteiger charge is 2.06. The molecule has 0 aliphatic carbocycles. The molecule has 0 bridgehead atoms. The zero-order valence-electron chi connectivity index (χ0n) is 9.71. The topological polar surface area (TPSA) is 69.8 Å². The second-order valence-corrected chi connectivity index (χ2v) is 4.03. The van der Waals surface area contributed by atoms with E-state index in [4.69, 9.17) is 11.6 Å². The van der Waals surface area contributed by atoms with E-state index in [1.807, 2.05) is 6.92 Å². The minimum atomic E-state index is -0.360. The van der Waals surface area contributed by atoms with Crippen molar-refractivity contribution in [3.05, 3.63) is 56.3 Å². The van der Waals surface area contributed by atoms with Gasteiger partial charge in [0, 0.05) is 18.8 Å². The van der Waals surface area contributed by atoms with Crippen LogP contribution in [0.15, 0.2) is 34.2 Å². The van der Waals surface area contributed by atoms with E-state index in [9.17, 15) is 9.59 Å². The fourth-order valence-corrected chi connectivity index (χ4v) is 1.62. The van der Waals surface area contributed by atoms with Gasteiger partial charge < -0.3 is 4.57 Å². The zero-order valence-corrected chi connectivity index (χ0v) is 10.5. The van der Waals surface area contributed by atoms with Gasteiger partial charge in [-0.3, -0.25) is 14.3 Å². The molecule has 0 fully saturated rings. The molecule has 0 spiro atoms. The third-order valence-corrected chi connectivity index (χ3v) is 2.67. The predicted octanol–water partition coefficient (Wildman–Crippen LogP) is 0.522. The molecular formula is C11H11ClN4O2. The van der Waals surface area contributed by atoms with Gasteiger partial charge in [-0.15, -0.1) is 0 Å². The average Bonchev–Trinajstić information content (AvgIpc) is 2.37. The average molecular weight is 267 g/mol. The number of aryl methyl sites for hydroxylation is 1. The van der Waals surface area contributed by atoms with Crippen molar-refractivity contribution in [3.63, 3.8) is 0 Å². The summed E-state index contributed by atoms with van der Waals surface area (Å²) in [6.07, 6.45) is 4.30. The normalized spacial score (nSPS) is 10.6. The predicted molar refractivity (Wildman–Crippen MR) is 66.8 cm³/mol. The molecule has 2 rings (SSSR count). The molecule has 0 amide bonds. The van der Waals surface area contributed by atoms with Crippen molar-refractivity contribution in [1.82, 2.24) is 19.1 Å². The van der Waals surface area contributed by atoms with Crippen LogP contribution in [0.3, 0.4) is 0 Å². The van der Waals surface area contributed by atoms with Crippen LogP contribution < -0.4 is 11.2 Å². The van der Waals surface area contributed by atoms with E-state index >= 15 is 0 Å².